The van der Waals surface area contributed by atoms with Gasteiger partial charge in [0.1, 0.15) is 12.1 Å². The van der Waals surface area contributed by atoms with Crippen LogP contribution in [0.15, 0.2) is 24.3 Å². The van der Waals surface area contributed by atoms with Crippen molar-refractivity contribution in [3.05, 3.63) is 41.2 Å². The number of carbonyl (C=O) groups excluding carboxylic acids is 2. The minimum atomic E-state index is -0.460. The summed E-state index contributed by atoms with van der Waals surface area (Å²) >= 11 is 0. The number of Topliss-reactive ketones (excluding diaryl/α,β-unsaturated/α-hetero) is 1. The van der Waals surface area contributed by atoms with Gasteiger partial charge in [-0.3, -0.25) is 9.59 Å². The molecule has 1 rings (SSSR count). The highest BCUT2D eigenvalue weighted by molar-refractivity contribution is 5.98. The van der Waals surface area contributed by atoms with E-state index in [2.05, 4.69) is 0 Å². The van der Waals surface area contributed by atoms with Crippen molar-refractivity contribution in [2.45, 2.75) is 6.92 Å². The lowest BCUT2D eigenvalue weighted by molar-refractivity contribution is -0.104. The minimum Gasteiger partial charge on any atom is -0.299 e. The molecule has 1 aromatic rings. The summed E-state index contributed by atoms with van der Waals surface area (Å²) in [5.41, 5.74) is 0.828. The molecular formula is C11H9FO2. The summed E-state index contributed by atoms with van der Waals surface area (Å²) in [6, 6.07) is 3.87. The summed E-state index contributed by atoms with van der Waals surface area (Å²) in [6.07, 6.45) is 3.34. The van der Waals surface area contributed by atoms with Crippen molar-refractivity contribution < 1.29 is 14.0 Å². The highest BCUT2D eigenvalue weighted by Crippen LogP contribution is 2.13. The third kappa shape index (κ3) is 2.36. The molecule has 0 aliphatic rings. The molecule has 0 unspecified atom stereocenters. The van der Waals surface area contributed by atoms with Gasteiger partial charge in [0.15, 0.2) is 5.78 Å². The van der Waals surface area contributed by atoms with E-state index in [-0.39, 0.29) is 11.3 Å². The van der Waals surface area contributed by atoms with Gasteiger partial charge in [-0.1, -0.05) is 12.1 Å². The SMILES string of the molecule is CC(=O)c1cc(F)ccc1C=CC=O. The second kappa shape index (κ2) is 4.46. The molecule has 0 aliphatic carbocycles. The molecule has 1 aromatic carbocycles. The fourth-order valence-electron chi connectivity index (χ4n) is 1.12. The van der Waals surface area contributed by atoms with Gasteiger partial charge in [0.2, 0.25) is 0 Å². The van der Waals surface area contributed by atoms with Gasteiger partial charge >= 0.3 is 0 Å². The Morgan fingerprint density at radius 1 is 1.43 bits per heavy atom. The first-order valence-corrected chi connectivity index (χ1v) is 4.07. The molecular weight excluding hydrogens is 183 g/mol. The largest absolute Gasteiger partial charge is 0.299 e. The number of allylic oxidation sites excluding steroid dienone is 1. The normalized spacial score (nSPS) is 10.4. The first-order chi connectivity index (χ1) is 6.65. The van der Waals surface area contributed by atoms with E-state index in [9.17, 15) is 14.0 Å². The Hall–Kier alpha value is -1.77. The second-order valence-corrected chi connectivity index (χ2v) is 2.78. The maximum absolute atomic E-state index is 12.8. The van der Waals surface area contributed by atoms with E-state index in [1.807, 2.05) is 0 Å². The Bertz CT molecular complexity index is 394. The van der Waals surface area contributed by atoms with Crippen molar-refractivity contribution in [3.8, 4) is 0 Å². The fourth-order valence-corrected chi connectivity index (χ4v) is 1.12. The summed E-state index contributed by atoms with van der Waals surface area (Å²) < 4.78 is 12.8. The lowest BCUT2D eigenvalue weighted by Gasteiger charge is -2.01. The van der Waals surface area contributed by atoms with Gasteiger partial charge in [-0.25, -0.2) is 4.39 Å². The van der Waals surface area contributed by atoms with Gasteiger partial charge in [-0.15, -0.1) is 0 Å². The second-order valence-electron chi connectivity index (χ2n) is 2.78. The number of rotatable bonds is 3. The van der Waals surface area contributed by atoms with E-state index in [0.29, 0.717) is 11.8 Å². The third-order valence-corrected chi connectivity index (χ3v) is 1.75. The third-order valence-electron chi connectivity index (χ3n) is 1.75. The summed E-state index contributed by atoms with van der Waals surface area (Å²) in [4.78, 5) is 21.2. The molecule has 0 N–H and O–H groups in total. The molecule has 0 aromatic heterocycles. The molecule has 0 amide bonds. The number of hydrogen-bond donors (Lipinski definition) is 0. The standard InChI is InChI=1S/C11H9FO2/c1-8(14)11-7-10(12)5-4-9(11)3-2-6-13/h2-7H,1H3. The van der Waals surface area contributed by atoms with E-state index in [1.54, 1.807) is 0 Å². The van der Waals surface area contributed by atoms with Crippen molar-refractivity contribution in [1.29, 1.82) is 0 Å². The Morgan fingerprint density at radius 3 is 2.71 bits per heavy atom. The van der Waals surface area contributed by atoms with Crippen LogP contribution >= 0.6 is 0 Å². The van der Waals surface area contributed by atoms with Crippen molar-refractivity contribution in [3.63, 3.8) is 0 Å². The van der Waals surface area contributed by atoms with Crippen LogP contribution in [0, 0.1) is 5.82 Å². The van der Waals surface area contributed by atoms with E-state index in [4.69, 9.17) is 0 Å². The summed E-state index contributed by atoms with van der Waals surface area (Å²) in [5, 5.41) is 0. The Balaban J connectivity index is 3.21. The van der Waals surface area contributed by atoms with Crippen molar-refractivity contribution >= 4 is 18.1 Å². The maximum atomic E-state index is 12.8. The average Bonchev–Trinajstić information content (AvgIpc) is 2.15. The van der Waals surface area contributed by atoms with Gasteiger partial charge in [-0.2, -0.15) is 0 Å². The number of benzene rings is 1. The van der Waals surface area contributed by atoms with E-state index in [1.165, 1.54) is 31.2 Å². The van der Waals surface area contributed by atoms with Gasteiger partial charge in [-0.05, 0) is 30.7 Å². The zero-order valence-electron chi connectivity index (χ0n) is 7.66. The summed E-state index contributed by atoms with van der Waals surface area (Å²) in [6.45, 7) is 1.35. The lowest BCUT2D eigenvalue weighted by Crippen LogP contribution is -1.96. The number of hydrogen-bond acceptors (Lipinski definition) is 2. The smallest absolute Gasteiger partial charge is 0.160 e. The predicted octanol–water partition coefficient (Wildman–Crippen LogP) is 2.24. The van der Waals surface area contributed by atoms with Gasteiger partial charge in [0.05, 0.1) is 0 Å². The first kappa shape index (κ1) is 10.3. The molecule has 3 heteroatoms. The first-order valence-electron chi connectivity index (χ1n) is 4.07. The van der Waals surface area contributed by atoms with Crippen LogP contribution in [0.4, 0.5) is 4.39 Å². The van der Waals surface area contributed by atoms with Crippen LogP contribution in [0.2, 0.25) is 0 Å². The van der Waals surface area contributed by atoms with Crippen LogP contribution in [-0.4, -0.2) is 12.1 Å². The number of carbonyl (C=O) groups is 2. The summed E-state index contributed by atoms with van der Waals surface area (Å²) in [7, 11) is 0. The molecule has 0 heterocycles. The maximum Gasteiger partial charge on any atom is 0.160 e. The van der Waals surface area contributed by atoms with Crippen LogP contribution in [0.3, 0.4) is 0 Å². The van der Waals surface area contributed by atoms with E-state index < -0.39 is 5.82 Å². The molecule has 0 bridgehead atoms. The number of halogens is 1. The quantitative estimate of drug-likeness (QED) is 0.418. The number of ketones is 1. The molecule has 0 radical (unpaired) electrons. The fraction of sp³-hybridized carbons (Fsp3) is 0.0909. The zero-order chi connectivity index (χ0) is 10.6. The molecule has 0 atom stereocenters. The predicted molar refractivity (Wildman–Crippen MR) is 51.5 cm³/mol. The molecule has 0 fully saturated rings. The highest BCUT2D eigenvalue weighted by atomic mass is 19.1. The van der Waals surface area contributed by atoms with Crippen molar-refractivity contribution in [2.75, 3.05) is 0 Å². The highest BCUT2D eigenvalue weighted by Gasteiger charge is 2.05. The topological polar surface area (TPSA) is 34.1 Å². The van der Waals surface area contributed by atoms with E-state index >= 15 is 0 Å². The van der Waals surface area contributed by atoms with E-state index in [0.717, 1.165) is 6.07 Å². The minimum absolute atomic E-state index is 0.227. The molecule has 0 saturated carbocycles. The molecule has 0 aliphatic heterocycles. The lowest BCUT2D eigenvalue weighted by atomic mass is 10.0. The molecule has 0 spiro atoms. The molecule has 0 saturated heterocycles. The van der Waals surface area contributed by atoms with Crippen LogP contribution in [-0.2, 0) is 4.79 Å². The molecule has 72 valence electrons. The Kier molecular flexibility index (Phi) is 3.29. The van der Waals surface area contributed by atoms with Crippen molar-refractivity contribution in [1.82, 2.24) is 0 Å². The Labute approximate surface area is 81.1 Å². The van der Waals surface area contributed by atoms with Crippen molar-refractivity contribution in [2.24, 2.45) is 0 Å². The van der Waals surface area contributed by atoms with Crippen LogP contribution < -0.4 is 0 Å². The monoisotopic (exact) mass is 192 g/mol. The molecule has 14 heavy (non-hydrogen) atoms. The van der Waals surface area contributed by atoms with Gasteiger partial charge < -0.3 is 0 Å². The summed E-state index contributed by atoms with van der Waals surface area (Å²) in [5.74, 6) is -0.687. The van der Waals surface area contributed by atoms with Crippen LogP contribution in [0.1, 0.15) is 22.8 Å². The zero-order valence-corrected chi connectivity index (χ0v) is 7.66. The Morgan fingerprint density at radius 2 is 2.14 bits per heavy atom. The average molecular weight is 192 g/mol. The molecule has 2 nitrogen and oxygen atoms in total. The van der Waals surface area contributed by atoms with Crippen LogP contribution in [0.5, 0.6) is 0 Å². The van der Waals surface area contributed by atoms with Gasteiger partial charge in [0.25, 0.3) is 0 Å². The number of aldehydes is 1. The van der Waals surface area contributed by atoms with Crippen LogP contribution in [0.25, 0.3) is 6.08 Å². The van der Waals surface area contributed by atoms with Gasteiger partial charge in [0, 0.05) is 5.56 Å².